The largest absolute Gasteiger partial charge is 0.382 e. The number of nitro groups is 1. The van der Waals surface area contributed by atoms with E-state index in [0.717, 1.165) is 0 Å². The lowest BCUT2D eigenvalue weighted by Gasteiger charge is -2.44. The zero-order valence-electron chi connectivity index (χ0n) is 14.6. The lowest BCUT2D eigenvalue weighted by Crippen LogP contribution is -2.59. The fourth-order valence-electron chi connectivity index (χ4n) is 2.91. The lowest BCUT2D eigenvalue weighted by molar-refractivity contribution is -0.387. The Morgan fingerprint density at radius 2 is 1.72 bits per heavy atom. The molecule has 2 rings (SSSR count). The van der Waals surface area contributed by atoms with Crippen LogP contribution in [0.15, 0.2) is 29.2 Å². The van der Waals surface area contributed by atoms with Crippen LogP contribution in [0.5, 0.6) is 0 Å². The van der Waals surface area contributed by atoms with Gasteiger partial charge in [0.15, 0.2) is 0 Å². The molecule has 0 saturated carbocycles. The fourth-order valence-corrected chi connectivity index (χ4v) is 4.18. The first-order chi connectivity index (χ1) is 12.1. The van der Waals surface area contributed by atoms with Crippen LogP contribution in [0, 0.1) is 10.1 Å². The first-order valence-electron chi connectivity index (χ1n) is 7.70. The highest BCUT2D eigenvalue weighted by molar-refractivity contribution is 8.00. The zero-order valence-corrected chi connectivity index (χ0v) is 15.4. The Morgan fingerprint density at radius 1 is 1.08 bits per heavy atom. The molecule has 0 N–H and O–H groups in total. The molecule has 1 aliphatic heterocycles. The van der Waals surface area contributed by atoms with Crippen molar-refractivity contribution in [1.82, 2.24) is 0 Å². The number of hydrogen-bond acceptors (Lipinski definition) is 8. The van der Waals surface area contributed by atoms with E-state index in [0.29, 0.717) is 11.5 Å². The van der Waals surface area contributed by atoms with Gasteiger partial charge in [-0.25, -0.2) is 0 Å². The first-order valence-corrected chi connectivity index (χ1v) is 8.58. The van der Waals surface area contributed by atoms with Crippen LogP contribution in [0.2, 0.25) is 0 Å². The Bertz CT molecular complexity index is 573. The molecular weight excluding hydrogens is 350 g/mol. The summed E-state index contributed by atoms with van der Waals surface area (Å²) in [6.45, 7) is 0.308. The third-order valence-corrected chi connectivity index (χ3v) is 5.25. The van der Waals surface area contributed by atoms with Crippen molar-refractivity contribution >= 4 is 17.4 Å². The van der Waals surface area contributed by atoms with Gasteiger partial charge >= 0.3 is 0 Å². The normalized spacial score (nSPS) is 29.5. The first kappa shape index (κ1) is 20.1. The minimum atomic E-state index is -0.511. The van der Waals surface area contributed by atoms with Crippen molar-refractivity contribution in [3.63, 3.8) is 0 Å². The smallest absolute Gasteiger partial charge is 0.282 e. The van der Waals surface area contributed by atoms with Gasteiger partial charge in [-0.15, -0.1) is 0 Å². The summed E-state index contributed by atoms with van der Waals surface area (Å²) in [4.78, 5) is 11.3. The Morgan fingerprint density at radius 3 is 2.28 bits per heavy atom. The SMILES string of the molecule is COC[C@H]1O[C@@H](Sc2ccccc2[N+](=O)[O-])[C@H](OC)[C@@H](OC)[C@@H]1OC. The topological polar surface area (TPSA) is 89.3 Å². The van der Waals surface area contributed by atoms with Crippen LogP contribution < -0.4 is 0 Å². The molecule has 1 fully saturated rings. The molecule has 0 radical (unpaired) electrons. The van der Waals surface area contributed by atoms with E-state index in [1.807, 2.05) is 0 Å². The van der Waals surface area contributed by atoms with Gasteiger partial charge in [-0.3, -0.25) is 10.1 Å². The van der Waals surface area contributed by atoms with E-state index < -0.39 is 22.6 Å². The molecule has 5 atom stereocenters. The summed E-state index contributed by atoms with van der Waals surface area (Å²) in [5.74, 6) is 0. The number of rotatable bonds is 8. The summed E-state index contributed by atoms with van der Waals surface area (Å²) < 4.78 is 28.0. The van der Waals surface area contributed by atoms with Crippen molar-refractivity contribution in [3.05, 3.63) is 34.4 Å². The molecule has 0 bridgehead atoms. The highest BCUT2D eigenvalue weighted by Crippen LogP contribution is 2.39. The summed E-state index contributed by atoms with van der Waals surface area (Å²) in [6.07, 6.45) is -1.62. The van der Waals surface area contributed by atoms with Crippen LogP contribution in [0.25, 0.3) is 0 Å². The number of para-hydroxylation sites is 1. The molecule has 140 valence electrons. The second-order valence-corrected chi connectivity index (χ2v) is 6.58. The minimum absolute atomic E-state index is 0.0251. The molecule has 1 aromatic rings. The Hall–Kier alpha value is -1.23. The molecule has 1 heterocycles. The van der Waals surface area contributed by atoms with Gasteiger partial charge in [-0.2, -0.15) is 0 Å². The molecule has 0 amide bonds. The molecule has 0 spiro atoms. The number of hydrogen-bond donors (Lipinski definition) is 0. The standard InChI is InChI=1S/C16H23NO7S/c1-20-9-11-13(21-2)14(22-3)15(23-4)16(24-11)25-12-8-6-5-7-10(12)17(18)19/h5-8,11,13-16H,9H2,1-4H3/t11-,13-,14+,15-,16+/m1/s1. The maximum absolute atomic E-state index is 11.3. The van der Waals surface area contributed by atoms with E-state index in [1.165, 1.54) is 17.8 Å². The van der Waals surface area contributed by atoms with Gasteiger partial charge in [0.25, 0.3) is 5.69 Å². The molecule has 0 aliphatic carbocycles. The Kier molecular flexibility index (Phi) is 7.60. The van der Waals surface area contributed by atoms with Gasteiger partial charge in [0.05, 0.1) is 16.4 Å². The zero-order chi connectivity index (χ0) is 18.4. The van der Waals surface area contributed by atoms with E-state index in [-0.39, 0.29) is 17.9 Å². The second kappa shape index (κ2) is 9.46. The van der Waals surface area contributed by atoms with Gasteiger partial charge in [0.1, 0.15) is 29.9 Å². The molecule has 1 aromatic carbocycles. The molecule has 9 heteroatoms. The average Bonchev–Trinajstić information content (AvgIpc) is 2.61. The van der Waals surface area contributed by atoms with Gasteiger partial charge in [0, 0.05) is 34.5 Å². The minimum Gasteiger partial charge on any atom is -0.382 e. The van der Waals surface area contributed by atoms with Crippen molar-refractivity contribution in [2.24, 2.45) is 0 Å². The quantitative estimate of drug-likeness (QED) is 0.506. The summed E-state index contributed by atoms with van der Waals surface area (Å²) in [5, 5.41) is 11.3. The summed E-state index contributed by atoms with van der Waals surface area (Å²) in [7, 11) is 6.27. The van der Waals surface area contributed by atoms with Crippen molar-refractivity contribution in [2.75, 3.05) is 35.0 Å². The van der Waals surface area contributed by atoms with Crippen molar-refractivity contribution in [1.29, 1.82) is 0 Å². The molecule has 25 heavy (non-hydrogen) atoms. The molecule has 8 nitrogen and oxygen atoms in total. The second-order valence-electron chi connectivity index (χ2n) is 5.44. The van der Waals surface area contributed by atoms with Crippen molar-refractivity contribution in [2.45, 2.75) is 34.7 Å². The third kappa shape index (κ3) is 4.49. The number of nitrogens with zero attached hydrogens (tertiary/aromatic N) is 1. The Balaban J connectivity index is 2.30. The number of methoxy groups -OCH3 is 4. The predicted octanol–water partition coefficient (Wildman–Crippen LogP) is 2.10. The van der Waals surface area contributed by atoms with Gasteiger partial charge in [0.2, 0.25) is 0 Å². The van der Waals surface area contributed by atoms with Crippen LogP contribution in [0.1, 0.15) is 0 Å². The molecule has 0 aromatic heterocycles. The predicted molar refractivity (Wildman–Crippen MR) is 91.9 cm³/mol. The molecule has 0 unspecified atom stereocenters. The third-order valence-electron chi connectivity index (χ3n) is 4.04. The van der Waals surface area contributed by atoms with Crippen LogP contribution in [-0.4, -0.2) is 69.8 Å². The van der Waals surface area contributed by atoms with Gasteiger partial charge in [-0.1, -0.05) is 23.9 Å². The number of ether oxygens (including phenoxy) is 5. The molecular formula is C16H23NO7S. The summed E-state index contributed by atoms with van der Waals surface area (Å²) >= 11 is 1.23. The van der Waals surface area contributed by atoms with E-state index in [2.05, 4.69) is 0 Å². The van der Waals surface area contributed by atoms with Crippen LogP contribution in [-0.2, 0) is 23.7 Å². The van der Waals surface area contributed by atoms with E-state index in [1.54, 1.807) is 46.6 Å². The highest BCUT2D eigenvalue weighted by atomic mass is 32.2. The van der Waals surface area contributed by atoms with Gasteiger partial charge in [-0.05, 0) is 6.07 Å². The van der Waals surface area contributed by atoms with Crippen LogP contribution >= 0.6 is 11.8 Å². The number of nitro benzene ring substituents is 1. The van der Waals surface area contributed by atoms with E-state index >= 15 is 0 Å². The number of benzene rings is 1. The van der Waals surface area contributed by atoms with Gasteiger partial charge < -0.3 is 23.7 Å². The van der Waals surface area contributed by atoms with Crippen molar-refractivity contribution < 1.29 is 28.6 Å². The van der Waals surface area contributed by atoms with E-state index in [9.17, 15) is 10.1 Å². The highest BCUT2D eigenvalue weighted by Gasteiger charge is 2.47. The monoisotopic (exact) mass is 373 g/mol. The van der Waals surface area contributed by atoms with Crippen LogP contribution in [0.4, 0.5) is 5.69 Å². The maximum Gasteiger partial charge on any atom is 0.282 e. The Labute approximate surface area is 150 Å². The summed E-state index contributed by atoms with van der Waals surface area (Å²) in [6, 6.07) is 6.53. The summed E-state index contributed by atoms with van der Waals surface area (Å²) in [5.41, 5.74) is -0.486. The molecule has 1 aliphatic rings. The molecule has 1 saturated heterocycles. The number of thioether (sulfide) groups is 1. The maximum atomic E-state index is 11.3. The average molecular weight is 373 g/mol. The fraction of sp³-hybridized carbons (Fsp3) is 0.625. The van der Waals surface area contributed by atoms with Crippen molar-refractivity contribution in [3.8, 4) is 0 Å². The van der Waals surface area contributed by atoms with Crippen LogP contribution in [0.3, 0.4) is 0 Å². The van der Waals surface area contributed by atoms with E-state index in [4.69, 9.17) is 23.7 Å². The lowest BCUT2D eigenvalue weighted by atomic mass is 9.99.